The number of amides is 1. The van der Waals surface area contributed by atoms with Crippen molar-refractivity contribution < 1.29 is 9.90 Å². The summed E-state index contributed by atoms with van der Waals surface area (Å²) in [4.78, 5) is 12.9. The van der Waals surface area contributed by atoms with Gasteiger partial charge in [-0.2, -0.15) is 4.68 Å². The minimum Gasteiger partial charge on any atom is -0.394 e. The van der Waals surface area contributed by atoms with Gasteiger partial charge in [-0.25, -0.2) is 0 Å². The highest BCUT2D eigenvalue weighted by atomic mass is 16.3. The number of aromatic nitrogens is 4. The monoisotopic (exact) mass is 351 g/mol. The molecule has 134 valence electrons. The number of benzene rings is 2. The number of aryl methyl sites for hydroxylation is 1. The Morgan fingerprint density at radius 1 is 1.19 bits per heavy atom. The van der Waals surface area contributed by atoms with E-state index < -0.39 is 0 Å². The summed E-state index contributed by atoms with van der Waals surface area (Å²) in [5.41, 5.74) is 4.12. The van der Waals surface area contributed by atoms with Crippen molar-refractivity contribution in [2.75, 3.05) is 6.61 Å². The lowest BCUT2D eigenvalue weighted by Crippen LogP contribution is -2.39. The average molecular weight is 351 g/mol. The maximum absolute atomic E-state index is 12.9. The Balaban J connectivity index is 1.86. The molecule has 0 radical (unpaired) electrons. The van der Waals surface area contributed by atoms with Gasteiger partial charge in [-0.3, -0.25) is 4.79 Å². The Labute approximate surface area is 151 Å². The van der Waals surface area contributed by atoms with Crippen molar-refractivity contribution in [3.63, 3.8) is 0 Å². The molecule has 0 spiro atoms. The third kappa shape index (κ3) is 3.78. The van der Waals surface area contributed by atoms with Crippen molar-refractivity contribution >= 4 is 5.91 Å². The van der Waals surface area contributed by atoms with Gasteiger partial charge >= 0.3 is 0 Å². The van der Waals surface area contributed by atoms with Gasteiger partial charge in [0.05, 0.1) is 23.9 Å². The summed E-state index contributed by atoms with van der Waals surface area (Å²) in [6, 6.07) is 13.0. The van der Waals surface area contributed by atoms with Crippen molar-refractivity contribution in [1.82, 2.24) is 25.5 Å². The van der Waals surface area contributed by atoms with Crippen LogP contribution in [0.15, 0.2) is 48.8 Å². The van der Waals surface area contributed by atoms with Crippen LogP contribution in [0, 0.1) is 13.8 Å². The molecule has 1 aromatic heterocycles. The van der Waals surface area contributed by atoms with Crippen molar-refractivity contribution in [3.8, 4) is 5.69 Å². The van der Waals surface area contributed by atoms with Crippen molar-refractivity contribution in [2.45, 2.75) is 26.3 Å². The molecular weight excluding hydrogens is 330 g/mol. The van der Waals surface area contributed by atoms with Gasteiger partial charge in [0.2, 0.25) is 0 Å². The smallest absolute Gasteiger partial charge is 0.253 e. The molecule has 2 aromatic carbocycles. The van der Waals surface area contributed by atoms with Crippen molar-refractivity contribution in [3.05, 3.63) is 71.0 Å². The number of aliphatic hydroxyl groups excluding tert-OH is 1. The van der Waals surface area contributed by atoms with E-state index >= 15 is 0 Å². The molecule has 0 bridgehead atoms. The first-order chi connectivity index (χ1) is 12.6. The van der Waals surface area contributed by atoms with Crippen LogP contribution in [-0.4, -0.2) is 43.9 Å². The van der Waals surface area contributed by atoms with Gasteiger partial charge in [-0.15, -0.1) is 5.10 Å². The zero-order chi connectivity index (χ0) is 18.5. The molecule has 2 N–H and O–H groups in total. The van der Waals surface area contributed by atoms with E-state index in [0.29, 0.717) is 17.7 Å². The number of nitrogens with one attached hydrogen (secondary N) is 1. The largest absolute Gasteiger partial charge is 0.394 e. The second-order valence-electron chi connectivity index (χ2n) is 6.20. The molecule has 1 atom stereocenters. The molecule has 0 saturated carbocycles. The number of carbonyl (C=O) groups is 1. The molecule has 0 aliphatic rings. The Kier molecular flexibility index (Phi) is 5.38. The normalized spacial score (nSPS) is 12.0. The van der Waals surface area contributed by atoms with E-state index in [9.17, 15) is 9.90 Å². The molecule has 1 amide bonds. The summed E-state index contributed by atoms with van der Waals surface area (Å²) >= 11 is 0. The number of tetrazole rings is 1. The Hall–Kier alpha value is -3.06. The number of carbonyl (C=O) groups excluding carboxylic acids is 1. The predicted octanol–water partition coefficient (Wildman–Crippen LogP) is 1.61. The standard InChI is InChI=1S/C19H21N5O2/c1-13-8-9-17(18(14(13)2)24-12-20-22-23-24)19(26)21-16(11-25)10-15-6-4-3-5-7-15/h3-9,12,16,25H,10-11H2,1-2H3,(H,21,26)/t16-/m0/s1. The van der Waals surface area contributed by atoms with Crippen molar-refractivity contribution in [1.29, 1.82) is 0 Å². The number of rotatable bonds is 6. The molecule has 0 aliphatic heterocycles. The lowest BCUT2D eigenvalue weighted by atomic mass is 10.0. The molecular formula is C19H21N5O2. The summed E-state index contributed by atoms with van der Waals surface area (Å²) < 4.78 is 1.49. The molecule has 0 unspecified atom stereocenters. The quantitative estimate of drug-likeness (QED) is 0.704. The molecule has 26 heavy (non-hydrogen) atoms. The van der Waals surface area contributed by atoms with Crippen LogP contribution in [0.2, 0.25) is 0 Å². The minimum atomic E-state index is -0.381. The van der Waals surface area contributed by atoms with E-state index in [-0.39, 0.29) is 18.6 Å². The van der Waals surface area contributed by atoms with E-state index in [2.05, 4.69) is 20.8 Å². The fourth-order valence-electron chi connectivity index (χ4n) is 2.87. The SMILES string of the molecule is Cc1ccc(C(=O)N[C@H](CO)Cc2ccccc2)c(-n2cnnn2)c1C. The van der Waals surface area contributed by atoms with Crippen LogP contribution in [0.4, 0.5) is 0 Å². The van der Waals surface area contributed by atoms with E-state index in [4.69, 9.17) is 0 Å². The second-order valence-corrected chi connectivity index (χ2v) is 6.20. The van der Waals surface area contributed by atoms with E-state index in [0.717, 1.165) is 16.7 Å². The van der Waals surface area contributed by atoms with Crippen LogP contribution in [0.3, 0.4) is 0 Å². The van der Waals surface area contributed by atoms with E-state index in [1.165, 1.54) is 11.0 Å². The lowest BCUT2D eigenvalue weighted by Gasteiger charge is -2.19. The first-order valence-corrected chi connectivity index (χ1v) is 8.39. The van der Waals surface area contributed by atoms with Crippen LogP contribution < -0.4 is 5.32 Å². The molecule has 3 aromatic rings. The van der Waals surface area contributed by atoms with Crippen molar-refractivity contribution in [2.24, 2.45) is 0 Å². The van der Waals surface area contributed by atoms with Crippen LogP contribution in [0.5, 0.6) is 0 Å². The summed E-state index contributed by atoms with van der Waals surface area (Å²) in [6.07, 6.45) is 2.01. The zero-order valence-electron chi connectivity index (χ0n) is 14.8. The highest BCUT2D eigenvalue weighted by Gasteiger charge is 2.20. The summed E-state index contributed by atoms with van der Waals surface area (Å²) in [6.45, 7) is 3.75. The first-order valence-electron chi connectivity index (χ1n) is 8.39. The van der Waals surface area contributed by atoms with Crippen LogP contribution in [0.1, 0.15) is 27.0 Å². The molecule has 0 aliphatic carbocycles. The number of hydrogen-bond donors (Lipinski definition) is 2. The maximum atomic E-state index is 12.9. The van der Waals surface area contributed by atoms with E-state index in [1.54, 1.807) is 6.07 Å². The fourth-order valence-corrected chi connectivity index (χ4v) is 2.87. The van der Waals surface area contributed by atoms with Crippen LogP contribution in [0.25, 0.3) is 5.69 Å². The lowest BCUT2D eigenvalue weighted by molar-refractivity contribution is 0.0916. The van der Waals surface area contributed by atoms with Gasteiger partial charge in [-0.05, 0) is 53.5 Å². The van der Waals surface area contributed by atoms with Gasteiger partial charge in [0, 0.05) is 0 Å². The third-order valence-corrected chi connectivity index (χ3v) is 4.41. The average Bonchev–Trinajstić information content (AvgIpc) is 3.18. The van der Waals surface area contributed by atoms with Gasteiger partial charge in [0.15, 0.2) is 0 Å². The maximum Gasteiger partial charge on any atom is 0.253 e. The Morgan fingerprint density at radius 2 is 1.96 bits per heavy atom. The molecule has 0 fully saturated rings. The molecule has 0 saturated heterocycles. The number of aliphatic hydroxyl groups is 1. The highest BCUT2D eigenvalue weighted by Crippen LogP contribution is 2.22. The summed E-state index contributed by atoms with van der Waals surface area (Å²) in [5, 5.41) is 23.8. The molecule has 7 nitrogen and oxygen atoms in total. The number of hydrogen-bond acceptors (Lipinski definition) is 5. The first kappa shape index (κ1) is 17.8. The highest BCUT2D eigenvalue weighted by molar-refractivity contribution is 5.98. The zero-order valence-corrected chi connectivity index (χ0v) is 14.8. The van der Waals surface area contributed by atoms with Gasteiger partial charge in [0.25, 0.3) is 5.91 Å². The van der Waals surface area contributed by atoms with Gasteiger partial charge < -0.3 is 10.4 Å². The van der Waals surface area contributed by atoms with Gasteiger partial charge in [0.1, 0.15) is 6.33 Å². The molecule has 3 rings (SSSR count). The predicted molar refractivity (Wildman–Crippen MR) is 97.1 cm³/mol. The minimum absolute atomic E-state index is 0.147. The molecule has 7 heteroatoms. The van der Waals surface area contributed by atoms with Crippen LogP contribution in [-0.2, 0) is 6.42 Å². The van der Waals surface area contributed by atoms with Crippen LogP contribution >= 0.6 is 0 Å². The summed E-state index contributed by atoms with van der Waals surface area (Å²) in [7, 11) is 0. The Morgan fingerprint density at radius 3 is 2.62 bits per heavy atom. The van der Waals surface area contributed by atoms with E-state index in [1.807, 2.05) is 50.2 Å². The van der Waals surface area contributed by atoms with Gasteiger partial charge in [-0.1, -0.05) is 36.4 Å². The third-order valence-electron chi connectivity index (χ3n) is 4.41. The number of nitrogens with zero attached hydrogens (tertiary/aromatic N) is 4. The Bertz CT molecular complexity index is 878. The second kappa shape index (κ2) is 7.88. The summed E-state index contributed by atoms with van der Waals surface area (Å²) in [5.74, 6) is -0.270. The topological polar surface area (TPSA) is 92.9 Å². The molecule has 1 heterocycles. The fraction of sp³-hybridized carbons (Fsp3) is 0.263.